The van der Waals surface area contributed by atoms with Crippen LogP contribution >= 0.6 is 0 Å². The molecule has 1 unspecified atom stereocenters. The Morgan fingerprint density at radius 3 is 3.00 bits per heavy atom. The first-order valence-electron chi connectivity index (χ1n) is 9.71. The summed E-state index contributed by atoms with van der Waals surface area (Å²) in [5, 5.41) is 13.1. The number of likely N-dealkylation sites (tertiary alicyclic amines) is 1. The molecule has 1 aromatic carbocycles. The van der Waals surface area contributed by atoms with Crippen LogP contribution in [0.4, 0.5) is 9.18 Å². The van der Waals surface area contributed by atoms with E-state index in [0.29, 0.717) is 39.0 Å². The van der Waals surface area contributed by atoms with Gasteiger partial charge in [-0.05, 0) is 43.5 Å². The number of aromatic nitrogens is 1. The van der Waals surface area contributed by atoms with Gasteiger partial charge in [0.25, 0.3) is 0 Å². The van der Waals surface area contributed by atoms with Crippen molar-refractivity contribution in [1.82, 2.24) is 20.1 Å². The van der Waals surface area contributed by atoms with Gasteiger partial charge in [0.15, 0.2) is 0 Å². The maximum atomic E-state index is 13.6. The van der Waals surface area contributed by atoms with Crippen LogP contribution in [0.3, 0.4) is 0 Å². The summed E-state index contributed by atoms with van der Waals surface area (Å²) in [6, 6.07) is 4.43. The highest BCUT2D eigenvalue weighted by Crippen LogP contribution is 2.33. The molecule has 1 aromatic heterocycles. The number of benzene rings is 1. The largest absolute Gasteiger partial charge is 0.376 e. The van der Waals surface area contributed by atoms with Gasteiger partial charge >= 0.3 is 6.03 Å². The first kappa shape index (κ1) is 20.1. The van der Waals surface area contributed by atoms with Gasteiger partial charge in [-0.2, -0.15) is 0 Å². The van der Waals surface area contributed by atoms with Crippen LogP contribution in [0.2, 0.25) is 0 Å². The quantitative estimate of drug-likeness (QED) is 0.634. The molecule has 1 atom stereocenters. The van der Waals surface area contributed by atoms with Crippen molar-refractivity contribution in [2.24, 2.45) is 0 Å². The Morgan fingerprint density at radius 2 is 2.25 bits per heavy atom. The molecule has 3 rings (SSSR count). The average molecular weight is 390 g/mol. The molecule has 0 spiro atoms. The average Bonchev–Trinajstić information content (AvgIpc) is 3.31. The number of nitrogens with one attached hydrogen (secondary N) is 2. The van der Waals surface area contributed by atoms with Gasteiger partial charge in [-0.25, -0.2) is 9.18 Å². The second kappa shape index (κ2) is 9.05. The Kier molecular flexibility index (Phi) is 6.51. The zero-order valence-electron chi connectivity index (χ0n) is 16.1. The van der Waals surface area contributed by atoms with Crippen LogP contribution in [0.15, 0.2) is 24.4 Å². The van der Waals surface area contributed by atoms with Crippen LogP contribution in [0.1, 0.15) is 37.7 Å². The minimum absolute atomic E-state index is 0.0550. The number of aromatic amines is 1. The minimum atomic E-state index is -0.381. The molecule has 1 aliphatic rings. The van der Waals surface area contributed by atoms with E-state index in [9.17, 15) is 19.1 Å². The molecule has 1 aliphatic heterocycles. The van der Waals surface area contributed by atoms with Crippen molar-refractivity contribution in [3.8, 4) is 0 Å². The molecule has 152 valence electrons. The highest BCUT2D eigenvalue weighted by Gasteiger charge is 2.31. The fraction of sp³-hybridized carbons (Fsp3) is 0.500. The van der Waals surface area contributed by atoms with Crippen molar-refractivity contribution in [1.29, 1.82) is 0 Å². The summed E-state index contributed by atoms with van der Waals surface area (Å²) in [4.78, 5) is 30.5. The summed E-state index contributed by atoms with van der Waals surface area (Å²) in [5.74, 6) is -0.214. The maximum Gasteiger partial charge on any atom is 0.321 e. The van der Waals surface area contributed by atoms with E-state index in [-0.39, 0.29) is 30.4 Å². The number of amides is 3. The summed E-state index contributed by atoms with van der Waals surface area (Å²) in [5.41, 5.74) is 1.89. The fourth-order valence-corrected chi connectivity index (χ4v) is 3.78. The third-order valence-corrected chi connectivity index (χ3v) is 5.22. The lowest BCUT2D eigenvalue weighted by Crippen LogP contribution is -2.43. The van der Waals surface area contributed by atoms with Crippen LogP contribution in [0.5, 0.6) is 0 Å². The molecule has 1 saturated heterocycles. The number of aliphatic hydroxyl groups excluding tert-OH is 1. The van der Waals surface area contributed by atoms with Gasteiger partial charge in [-0.15, -0.1) is 0 Å². The number of rotatable bonds is 7. The topological polar surface area (TPSA) is 88.7 Å². The number of hydrogen-bond donors (Lipinski definition) is 3. The van der Waals surface area contributed by atoms with E-state index in [0.717, 1.165) is 22.9 Å². The number of fused-ring (bicyclic) bond motifs is 1. The van der Waals surface area contributed by atoms with E-state index in [1.807, 2.05) is 13.1 Å². The fourth-order valence-electron chi connectivity index (χ4n) is 3.78. The number of halogens is 1. The third kappa shape index (κ3) is 4.44. The molecule has 0 radical (unpaired) electrons. The van der Waals surface area contributed by atoms with E-state index >= 15 is 0 Å². The van der Waals surface area contributed by atoms with Gasteiger partial charge in [0, 0.05) is 55.6 Å². The van der Waals surface area contributed by atoms with Crippen LogP contribution in [-0.2, 0) is 4.79 Å². The number of H-pyrrole nitrogens is 1. The van der Waals surface area contributed by atoms with Gasteiger partial charge in [0.1, 0.15) is 12.5 Å². The molecule has 28 heavy (non-hydrogen) atoms. The lowest BCUT2D eigenvalue weighted by Gasteiger charge is -2.26. The predicted molar refractivity (Wildman–Crippen MR) is 104 cm³/mol. The summed E-state index contributed by atoms with van der Waals surface area (Å²) < 4.78 is 13.6. The number of carbonyl (C=O) groups excluding carboxylic acids is 2. The predicted octanol–water partition coefficient (Wildman–Crippen LogP) is 2.38. The van der Waals surface area contributed by atoms with Crippen molar-refractivity contribution in [3.63, 3.8) is 0 Å². The van der Waals surface area contributed by atoms with Crippen molar-refractivity contribution < 1.29 is 19.1 Å². The summed E-state index contributed by atoms with van der Waals surface area (Å²) >= 11 is 0. The Bertz CT molecular complexity index is 838. The van der Waals surface area contributed by atoms with Gasteiger partial charge in [0.2, 0.25) is 5.91 Å². The Hall–Kier alpha value is -2.61. The number of urea groups is 1. The molecule has 8 heteroatoms. The Labute approximate surface area is 163 Å². The zero-order valence-corrected chi connectivity index (χ0v) is 16.1. The standard InChI is InChI=1S/C20H27FN4O3/c1-2-22-19(27)4-3-8-25(13-26)20(28)24-9-7-14(12-24)17-11-23-18-6-5-15(21)10-16(17)18/h5-6,10-11,14,23,26H,2-4,7-9,12-13H2,1H3,(H,22,27). The molecule has 0 saturated carbocycles. The number of carbonyl (C=O) groups is 2. The molecule has 1 fully saturated rings. The Balaban J connectivity index is 1.59. The highest BCUT2D eigenvalue weighted by molar-refractivity contribution is 5.84. The van der Waals surface area contributed by atoms with E-state index in [1.54, 1.807) is 11.0 Å². The van der Waals surface area contributed by atoms with E-state index in [4.69, 9.17) is 0 Å². The summed E-state index contributed by atoms with van der Waals surface area (Å²) in [7, 11) is 0. The van der Waals surface area contributed by atoms with Gasteiger partial charge in [0.05, 0.1) is 0 Å². The second-order valence-electron chi connectivity index (χ2n) is 7.11. The van der Waals surface area contributed by atoms with Crippen molar-refractivity contribution >= 4 is 22.8 Å². The number of aliphatic hydroxyl groups is 1. The van der Waals surface area contributed by atoms with Gasteiger partial charge in [-0.1, -0.05) is 0 Å². The number of hydrogen-bond acceptors (Lipinski definition) is 3. The maximum absolute atomic E-state index is 13.6. The van der Waals surface area contributed by atoms with Crippen molar-refractivity contribution in [2.45, 2.75) is 32.1 Å². The van der Waals surface area contributed by atoms with Gasteiger partial charge < -0.3 is 25.2 Å². The summed E-state index contributed by atoms with van der Waals surface area (Å²) in [6.07, 6.45) is 3.49. The number of nitrogens with zero attached hydrogens (tertiary/aromatic N) is 2. The molecule has 0 bridgehead atoms. The monoisotopic (exact) mass is 390 g/mol. The molecule has 3 amide bonds. The molecule has 7 nitrogen and oxygen atoms in total. The Morgan fingerprint density at radius 1 is 1.43 bits per heavy atom. The van der Waals surface area contributed by atoms with E-state index in [2.05, 4.69) is 10.3 Å². The minimum Gasteiger partial charge on any atom is -0.376 e. The van der Waals surface area contributed by atoms with Crippen LogP contribution < -0.4 is 5.32 Å². The van der Waals surface area contributed by atoms with E-state index < -0.39 is 0 Å². The molecule has 0 aliphatic carbocycles. The lowest BCUT2D eigenvalue weighted by atomic mass is 9.98. The lowest BCUT2D eigenvalue weighted by molar-refractivity contribution is -0.121. The third-order valence-electron chi connectivity index (χ3n) is 5.22. The van der Waals surface area contributed by atoms with Crippen molar-refractivity contribution in [2.75, 3.05) is 32.9 Å². The highest BCUT2D eigenvalue weighted by atomic mass is 19.1. The molecule has 2 aromatic rings. The van der Waals surface area contributed by atoms with Crippen LogP contribution in [0, 0.1) is 5.82 Å². The first-order valence-corrected chi connectivity index (χ1v) is 9.71. The molecule has 2 heterocycles. The smallest absolute Gasteiger partial charge is 0.321 e. The first-order chi connectivity index (χ1) is 13.5. The second-order valence-corrected chi connectivity index (χ2v) is 7.11. The molecular formula is C20H27FN4O3. The SMILES string of the molecule is CCNC(=O)CCCN(CO)C(=O)N1CCC(c2c[nH]c3ccc(F)cc23)C1. The zero-order chi connectivity index (χ0) is 20.1. The van der Waals surface area contributed by atoms with E-state index in [1.165, 1.54) is 17.0 Å². The normalized spacial score (nSPS) is 16.5. The summed E-state index contributed by atoms with van der Waals surface area (Å²) in [6.45, 7) is 3.48. The van der Waals surface area contributed by atoms with Crippen LogP contribution in [-0.4, -0.2) is 64.7 Å². The molecule has 3 N–H and O–H groups in total. The van der Waals surface area contributed by atoms with Gasteiger partial charge in [-0.3, -0.25) is 4.79 Å². The molecular weight excluding hydrogens is 363 g/mol. The van der Waals surface area contributed by atoms with Crippen molar-refractivity contribution in [3.05, 3.63) is 35.8 Å². The van der Waals surface area contributed by atoms with Crippen LogP contribution in [0.25, 0.3) is 10.9 Å².